The van der Waals surface area contributed by atoms with E-state index in [1.165, 1.54) is 0 Å². The molecular weight excluding hydrogens is 266 g/mol. The molecule has 21 heavy (non-hydrogen) atoms. The van der Waals surface area contributed by atoms with Gasteiger partial charge in [-0.2, -0.15) is 0 Å². The van der Waals surface area contributed by atoms with E-state index < -0.39 is 0 Å². The average Bonchev–Trinajstić information content (AvgIpc) is 2.94. The molecule has 0 aliphatic heterocycles. The lowest BCUT2D eigenvalue weighted by Crippen LogP contribution is -2.42. The van der Waals surface area contributed by atoms with Crippen molar-refractivity contribution in [3.05, 3.63) is 17.5 Å². The summed E-state index contributed by atoms with van der Waals surface area (Å²) in [7, 11) is 2.13. The number of aromatic nitrogens is 1. The van der Waals surface area contributed by atoms with Crippen molar-refractivity contribution in [1.82, 2.24) is 15.4 Å². The SMILES string of the molecule is CCCN(C)CC(C)(CC)CNC(=O)c1cc(CC)on1. The van der Waals surface area contributed by atoms with Crippen LogP contribution in [0.3, 0.4) is 0 Å². The summed E-state index contributed by atoms with van der Waals surface area (Å²) in [5.41, 5.74) is 0.434. The first-order valence-electron chi connectivity index (χ1n) is 7.86. The number of rotatable bonds is 9. The maximum absolute atomic E-state index is 12.1. The molecule has 1 amide bonds. The number of carbonyl (C=O) groups excluding carboxylic acids is 1. The van der Waals surface area contributed by atoms with Gasteiger partial charge in [0.1, 0.15) is 5.76 Å². The molecule has 0 aromatic carbocycles. The third-order valence-electron chi connectivity index (χ3n) is 3.93. The van der Waals surface area contributed by atoms with E-state index >= 15 is 0 Å². The number of aryl methyl sites for hydroxylation is 1. The molecule has 120 valence electrons. The van der Waals surface area contributed by atoms with Gasteiger partial charge in [-0.1, -0.05) is 32.9 Å². The molecule has 1 rings (SSSR count). The molecule has 1 aromatic rings. The number of hydrogen-bond donors (Lipinski definition) is 1. The highest BCUT2D eigenvalue weighted by Crippen LogP contribution is 2.21. The first-order valence-corrected chi connectivity index (χ1v) is 7.86. The van der Waals surface area contributed by atoms with E-state index in [1.54, 1.807) is 6.07 Å². The van der Waals surface area contributed by atoms with Gasteiger partial charge in [-0.15, -0.1) is 0 Å². The zero-order valence-electron chi connectivity index (χ0n) is 14.0. The van der Waals surface area contributed by atoms with Crippen LogP contribution in [0.4, 0.5) is 0 Å². The van der Waals surface area contributed by atoms with Crippen LogP contribution in [0, 0.1) is 5.41 Å². The fraction of sp³-hybridized carbons (Fsp3) is 0.750. The number of nitrogens with zero attached hydrogens (tertiary/aromatic N) is 2. The van der Waals surface area contributed by atoms with E-state index in [-0.39, 0.29) is 11.3 Å². The molecule has 5 nitrogen and oxygen atoms in total. The molecule has 0 fully saturated rings. The Morgan fingerprint density at radius 1 is 1.43 bits per heavy atom. The van der Waals surface area contributed by atoms with Crippen molar-refractivity contribution in [2.75, 3.05) is 26.7 Å². The van der Waals surface area contributed by atoms with Gasteiger partial charge in [0.05, 0.1) is 0 Å². The zero-order valence-corrected chi connectivity index (χ0v) is 14.0. The minimum Gasteiger partial charge on any atom is -0.361 e. The highest BCUT2D eigenvalue weighted by atomic mass is 16.5. The summed E-state index contributed by atoms with van der Waals surface area (Å²) in [6.45, 7) is 11.2. The predicted molar refractivity (Wildman–Crippen MR) is 84.4 cm³/mol. The van der Waals surface area contributed by atoms with Gasteiger partial charge in [0.2, 0.25) is 0 Å². The van der Waals surface area contributed by atoms with Crippen LogP contribution in [-0.2, 0) is 6.42 Å². The highest BCUT2D eigenvalue weighted by molar-refractivity contribution is 5.92. The fourth-order valence-electron chi connectivity index (χ4n) is 2.38. The van der Waals surface area contributed by atoms with Crippen LogP contribution in [-0.4, -0.2) is 42.6 Å². The van der Waals surface area contributed by atoms with Crippen molar-refractivity contribution in [2.45, 2.75) is 47.0 Å². The van der Waals surface area contributed by atoms with E-state index in [2.05, 4.69) is 43.2 Å². The van der Waals surface area contributed by atoms with Crippen LogP contribution in [0.2, 0.25) is 0 Å². The molecule has 1 heterocycles. The maximum Gasteiger partial charge on any atom is 0.273 e. The fourth-order valence-corrected chi connectivity index (χ4v) is 2.38. The zero-order chi connectivity index (χ0) is 15.9. The smallest absolute Gasteiger partial charge is 0.273 e. The Balaban J connectivity index is 2.55. The van der Waals surface area contributed by atoms with Crippen molar-refractivity contribution in [2.24, 2.45) is 5.41 Å². The number of hydrogen-bond acceptors (Lipinski definition) is 4. The lowest BCUT2D eigenvalue weighted by Gasteiger charge is -2.33. The second kappa shape index (κ2) is 8.17. The summed E-state index contributed by atoms with van der Waals surface area (Å²) >= 11 is 0. The van der Waals surface area contributed by atoms with Crippen LogP contribution in [0.1, 0.15) is 56.8 Å². The van der Waals surface area contributed by atoms with Crippen molar-refractivity contribution < 1.29 is 9.32 Å². The summed E-state index contributed by atoms with van der Waals surface area (Å²) in [5, 5.41) is 6.79. The monoisotopic (exact) mass is 295 g/mol. The topological polar surface area (TPSA) is 58.4 Å². The van der Waals surface area contributed by atoms with Gasteiger partial charge in [0, 0.05) is 25.6 Å². The molecule has 0 saturated heterocycles. The van der Waals surface area contributed by atoms with E-state index in [1.807, 2.05) is 6.92 Å². The molecule has 1 aromatic heterocycles. The minimum absolute atomic E-state index is 0.0664. The van der Waals surface area contributed by atoms with Crippen LogP contribution >= 0.6 is 0 Å². The van der Waals surface area contributed by atoms with Crippen LogP contribution < -0.4 is 5.32 Å². The maximum atomic E-state index is 12.1. The van der Waals surface area contributed by atoms with Crippen LogP contribution in [0.25, 0.3) is 0 Å². The lowest BCUT2D eigenvalue weighted by atomic mass is 9.86. The second-order valence-electron chi connectivity index (χ2n) is 6.12. The summed E-state index contributed by atoms with van der Waals surface area (Å²) in [4.78, 5) is 14.4. The molecule has 1 atom stereocenters. The Labute approximate surface area is 128 Å². The van der Waals surface area contributed by atoms with E-state index in [0.717, 1.165) is 38.1 Å². The molecule has 0 aliphatic carbocycles. The molecular formula is C16H29N3O2. The number of nitrogens with one attached hydrogen (secondary N) is 1. The lowest BCUT2D eigenvalue weighted by molar-refractivity contribution is 0.0908. The Hall–Kier alpha value is -1.36. The molecule has 1 unspecified atom stereocenters. The molecule has 5 heteroatoms. The summed E-state index contributed by atoms with van der Waals surface area (Å²) in [6, 6.07) is 1.71. The first-order chi connectivity index (χ1) is 9.94. The average molecular weight is 295 g/mol. The van der Waals surface area contributed by atoms with Gasteiger partial charge < -0.3 is 14.7 Å². The van der Waals surface area contributed by atoms with Gasteiger partial charge in [0.25, 0.3) is 5.91 Å². The van der Waals surface area contributed by atoms with Crippen molar-refractivity contribution in [3.63, 3.8) is 0 Å². The van der Waals surface area contributed by atoms with Gasteiger partial charge in [-0.25, -0.2) is 0 Å². The molecule has 0 spiro atoms. The minimum atomic E-state index is -0.156. The standard InChI is InChI=1S/C16H29N3O2/c1-6-9-19(5)12-16(4,8-3)11-17-15(20)14-10-13(7-2)21-18-14/h10H,6-9,11-12H2,1-5H3,(H,17,20). The molecule has 0 bridgehead atoms. The predicted octanol–water partition coefficient (Wildman–Crippen LogP) is 2.72. The molecule has 1 N–H and O–H groups in total. The summed E-state index contributed by atoms with van der Waals surface area (Å²) in [5.74, 6) is 0.581. The van der Waals surface area contributed by atoms with Crippen LogP contribution in [0.15, 0.2) is 10.6 Å². The van der Waals surface area contributed by atoms with E-state index in [4.69, 9.17) is 4.52 Å². The molecule has 0 aliphatic rings. The van der Waals surface area contributed by atoms with Gasteiger partial charge >= 0.3 is 0 Å². The number of amides is 1. The second-order valence-corrected chi connectivity index (χ2v) is 6.12. The van der Waals surface area contributed by atoms with Crippen molar-refractivity contribution in [3.8, 4) is 0 Å². The highest BCUT2D eigenvalue weighted by Gasteiger charge is 2.25. The normalized spacial score (nSPS) is 14.2. The van der Waals surface area contributed by atoms with Crippen molar-refractivity contribution >= 4 is 5.91 Å². The molecule has 0 saturated carbocycles. The third kappa shape index (κ3) is 5.50. The van der Waals surface area contributed by atoms with E-state index in [0.29, 0.717) is 12.2 Å². The summed E-state index contributed by atoms with van der Waals surface area (Å²) in [6.07, 6.45) is 2.90. The quantitative estimate of drug-likeness (QED) is 0.761. The Morgan fingerprint density at radius 3 is 2.67 bits per heavy atom. The Morgan fingerprint density at radius 2 is 2.14 bits per heavy atom. The first kappa shape index (κ1) is 17.7. The van der Waals surface area contributed by atoms with Gasteiger partial charge in [-0.3, -0.25) is 4.79 Å². The Kier molecular flexibility index (Phi) is 6.89. The van der Waals surface area contributed by atoms with Crippen molar-refractivity contribution in [1.29, 1.82) is 0 Å². The Bertz CT molecular complexity index is 444. The van der Waals surface area contributed by atoms with Crippen LogP contribution in [0.5, 0.6) is 0 Å². The van der Waals surface area contributed by atoms with Gasteiger partial charge in [-0.05, 0) is 31.8 Å². The largest absolute Gasteiger partial charge is 0.361 e. The molecule has 0 radical (unpaired) electrons. The third-order valence-corrected chi connectivity index (χ3v) is 3.93. The number of carbonyl (C=O) groups is 1. The summed E-state index contributed by atoms with van der Waals surface area (Å²) < 4.78 is 5.07. The van der Waals surface area contributed by atoms with Gasteiger partial charge in [0.15, 0.2) is 5.69 Å². The van der Waals surface area contributed by atoms with E-state index in [9.17, 15) is 4.79 Å².